The average molecular weight is 290 g/mol. The summed E-state index contributed by atoms with van der Waals surface area (Å²) in [5, 5.41) is 11.6. The largest absolute Gasteiger partial charge is 0.481 e. The molecule has 0 aliphatic rings. The van der Waals surface area contributed by atoms with Crippen molar-refractivity contribution in [3.63, 3.8) is 0 Å². The first kappa shape index (κ1) is 13.1. The summed E-state index contributed by atoms with van der Waals surface area (Å²) in [4.78, 5) is 10.4. The zero-order valence-corrected chi connectivity index (χ0v) is 10.4. The van der Waals surface area contributed by atoms with Gasteiger partial charge in [-0.1, -0.05) is 15.9 Å². The predicted octanol–water partition coefficient (Wildman–Crippen LogP) is 2.54. The van der Waals surface area contributed by atoms with E-state index in [1.165, 1.54) is 12.1 Å². The van der Waals surface area contributed by atoms with Crippen LogP contribution in [-0.2, 0) is 11.3 Å². The van der Waals surface area contributed by atoms with Crippen molar-refractivity contribution in [2.24, 2.45) is 0 Å². The molecule has 1 aromatic rings. The molecule has 2 N–H and O–H groups in total. The fraction of sp³-hybridized carbons (Fsp3) is 0.364. The van der Waals surface area contributed by atoms with Crippen LogP contribution >= 0.6 is 15.9 Å². The number of hydrogen-bond acceptors (Lipinski definition) is 2. The third-order valence-corrected chi connectivity index (χ3v) is 2.90. The molecule has 1 atom stereocenters. The molecule has 1 unspecified atom stereocenters. The van der Waals surface area contributed by atoms with Gasteiger partial charge in [0.25, 0.3) is 0 Å². The first-order valence-electron chi connectivity index (χ1n) is 4.88. The lowest BCUT2D eigenvalue weighted by Crippen LogP contribution is -2.28. The first-order chi connectivity index (χ1) is 7.49. The van der Waals surface area contributed by atoms with Crippen LogP contribution in [0.1, 0.15) is 18.9 Å². The Hall–Kier alpha value is -0.940. The molecule has 1 aromatic carbocycles. The fourth-order valence-corrected chi connectivity index (χ4v) is 1.68. The van der Waals surface area contributed by atoms with Gasteiger partial charge in [-0.05, 0) is 30.7 Å². The molecule has 0 bridgehead atoms. The molecule has 0 fully saturated rings. The van der Waals surface area contributed by atoms with Crippen molar-refractivity contribution in [1.29, 1.82) is 0 Å². The first-order valence-corrected chi connectivity index (χ1v) is 5.67. The van der Waals surface area contributed by atoms with Crippen molar-refractivity contribution in [1.82, 2.24) is 5.32 Å². The van der Waals surface area contributed by atoms with Crippen LogP contribution in [0, 0.1) is 5.82 Å². The standard InChI is InChI=1S/C11H13BrFNO2/c1-7(4-11(15)16)14-6-8-5-9(13)2-3-10(8)12/h2-3,5,7,14H,4,6H2,1H3,(H,15,16). The molecule has 16 heavy (non-hydrogen) atoms. The molecule has 5 heteroatoms. The van der Waals surface area contributed by atoms with Crippen molar-refractivity contribution >= 4 is 21.9 Å². The number of aliphatic carboxylic acids is 1. The third-order valence-electron chi connectivity index (χ3n) is 2.13. The Balaban J connectivity index is 2.54. The smallest absolute Gasteiger partial charge is 0.304 e. The molecule has 0 radical (unpaired) electrons. The summed E-state index contributed by atoms with van der Waals surface area (Å²) >= 11 is 3.31. The van der Waals surface area contributed by atoms with Gasteiger partial charge >= 0.3 is 5.97 Å². The zero-order valence-electron chi connectivity index (χ0n) is 8.84. The van der Waals surface area contributed by atoms with Crippen LogP contribution in [0.25, 0.3) is 0 Å². The van der Waals surface area contributed by atoms with Gasteiger partial charge in [0.15, 0.2) is 0 Å². The molecule has 0 heterocycles. The molecule has 3 nitrogen and oxygen atoms in total. The molecule has 0 saturated heterocycles. The van der Waals surface area contributed by atoms with E-state index in [1.807, 2.05) is 0 Å². The van der Waals surface area contributed by atoms with Gasteiger partial charge in [-0.25, -0.2) is 4.39 Å². The second-order valence-corrected chi connectivity index (χ2v) is 4.47. The van der Waals surface area contributed by atoms with E-state index >= 15 is 0 Å². The molecular formula is C11H13BrFNO2. The monoisotopic (exact) mass is 289 g/mol. The third kappa shape index (κ3) is 4.28. The van der Waals surface area contributed by atoms with Crippen molar-refractivity contribution in [3.05, 3.63) is 34.1 Å². The van der Waals surface area contributed by atoms with Gasteiger partial charge in [0.05, 0.1) is 6.42 Å². The van der Waals surface area contributed by atoms with Gasteiger partial charge in [-0.15, -0.1) is 0 Å². The fourth-order valence-electron chi connectivity index (χ4n) is 1.30. The summed E-state index contributed by atoms with van der Waals surface area (Å²) in [7, 11) is 0. The van der Waals surface area contributed by atoms with E-state index < -0.39 is 5.97 Å². The number of nitrogens with one attached hydrogen (secondary N) is 1. The maximum atomic E-state index is 12.9. The number of carboxylic acid groups (broad SMARTS) is 1. The van der Waals surface area contributed by atoms with E-state index in [0.29, 0.717) is 6.54 Å². The Morgan fingerprint density at radius 3 is 2.94 bits per heavy atom. The number of rotatable bonds is 5. The quantitative estimate of drug-likeness (QED) is 0.876. The Morgan fingerprint density at radius 1 is 1.62 bits per heavy atom. The normalized spacial score (nSPS) is 12.4. The highest BCUT2D eigenvalue weighted by molar-refractivity contribution is 9.10. The van der Waals surface area contributed by atoms with E-state index in [-0.39, 0.29) is 18.3 Å². The molecular weight excluding hydrogens is 277 g/mol. The SMILES string of the molecule is CC(CC(=O)O)NCc1cc(F)ccc1Br. The average Bonchev–Trinajstić information content (AvgIpc) is 2.18. The highest BCUT2D eigenvalue weighted by Gasteiger charge is 2.08. The number of halogens is 2. The summed E-state index contributed by atoms with van der Waals surface area (Å²) in [5.41, 5.74) is 0.775. The Kier molecular flexibility index (Phi) is 4.89. The number of hydrogen-bond donors (Lipinski definition) is 2. The van der Waals surface area contributed by atoms with E-state index in [9.17, 15) is 9.18 Å². The minimum atomic E-state index is -0.849. The summed E-state index contributed by atoms with van der Waals surface area (Å²) in [6.07, 6.45) is 0.0485. The molecule has 88 valence electrons. The van der Waals surface area contributed by atoms with Gasteiger partial charge < -0.3 is 10.4 Å². The number of benzene rings is 1. The van der Waals surface area contributed by atoms with Crippen LogP contribution in [0.15, 0.2) is 22.7 Å². The van der Waals surface area contributed by atoms with Crippen LogP contribution in [-0.4, -0.2) is 17.1 Å². The van der Waals surface area contributed by atoms with Gasteiger partial charge in [0, 0.05) is 17.1 Å². The van der Waals surface area contributed by atoms with Crippen molar-refractivity contribution in [3.8, 4) is 0 Å². The summed E-state index contributed by atoms with van der Waals surface area (Å²) < 4.78 is 13.7. The van der Waals surface area contributed by atoms with Crippen molar-refractivity contribution in [2.45, 2.75) is 25.9 Å². The van der Waals surface area contributed by atoms with Crippen molar-refractivity contribution < 1.29 is 14.3 Å². The maximum Gasteiger partial charge on any atom is 0.304 e. The highest BCUT2D eigenvalue weighted by atomic mass is 79.9. The van der Waals surface area contributed by atoms with Crippen LogP contribution in [0.4, 0.5) is 4.39 Å². The number of carbonyl (C=O) groups is 1. The van der Waals surface area contributed by atoms with E-state index in [2.05, 4.69) is 21.2 Å². The lowest BCUT2D eigenvalue weighted by molar-refractivity contribution is -0.137. The summed E-state index contributed by atoms with van der Waals surface area (Å²) in [5.74, 6) is -1.15. The second-order valence-electron chi connectivity index (χ2n) is 3.62. The Labute approximate surface area is 102 Å². The maximum absolute atomic E-state index is 12.9. The molecule has 0 saturated carbocycles. The summed E-state index contributed by atoms with van der Waals surface area (Å²) in [6.45, 7) is 2.22. The highest BCUT2D eigenvalue weighted by Crippen LogP contribution is 2.17. The predicted molar refractivity (Wildman–Crippen MR) is 62.7 cm³/mol. The van der Waals surface area contributed by atoms with E-state index in [4.69, 9.17) is 5.11 Å². The van der Waals surface area contributed by atoms with Gasteiger partial charge in [-0.2, -0.15) is 0 Å². The van der Waals surface area contributed by atoms with Gasteiger partial charge in [0.2, 0.25) is 0 Å². The lowest BCUT2D eigenvalue weighted by Gasteiger charge is -2.12. The molecule has 1 rings (SSSR count). The van der Waals surface area contributed by atoms with Crippen LogP contribution in [0.5, 0.6) is 0 Å². The molecule has 0 amide bonds. The Bertz CT molecular complexity index is 384. The lowest BCUT2D eigenvalue weighted by atomic mass is 10.2. The molecule has 0 aliphatic carbocycles. The van der Waals surface area contributed by atoms with Gasteiger partial charge in [-0.3, -0.25) is 4.79 Å². The van der Waals surface area contributed by atoms with Crippen LogP contribution in [0.2, 0.25) is 0 Å². The molecule has 0 aromatic heterocycles. The number of carboxylic acids is 1. The minimum Gasteiger partial charge on any atom is -0.481 e. The summed E-state index contributed by atoms with van der Waals surface area (Å²) in [6, 6.07) is 4.28. The molecule has 0 aliphatic heterocycles. The van der Waals surface area contributed by atoms with Crippen LogP contribution < -0.4 is 5.32 Å². The van der Waals surface area contributed by atoms with E-state index in [0.717, 1.165) is 10.0 Å². The zero-order chi connectivity index (χ0) is 12.1. The van der Waals surface area contributed by atoms with E-state index in [1.54, 1.807) is 13.0 Å². The Morgan fingerprint density at radius 2 is 2.31 bits per heavy atom. The minimum absolute atomic E-state index is 0.0485. The van der Waals surface area contributed by atoms with Crippen LogP contribution in [0.3, 0.4) is 0 Å². The topological polar surface area (TPSA) is 49.3 Å². The van der Waals surface area contributed by atoms with Gasteiger partial charge in [0.1, 0.15) is 5.82 Å². The molecule has 0 spiro atoms. The van der Waals surface area contributed by atoms with Crippen molar-refractivity contribution in [2.75, 3.05) is 0 Å². The second kappa shape index (κ2) is 5.96.